The van der Waals surface area contributed by atoms with Crippen LogP contribution in [-0.2, 0) is 0 Å². The molecule has 3 aliphatic rings. The summed E-state index contributed by atoms with van der Waals surface area (Å²) < 4.78 is 5.87. The fraction of sp³-hybridized carbons (Fsp3) is 0.300. The average molecular weight is 331 g/mol. The Morgan fingerprint density at radius 2 is 2.40 bits per heavy atom. The fourth-order valence-corrected chi connectivity index (χ4v) is 3.82. The molecule has 0 saturated carbocycles. The normalized spacial score (nSPS) is 26.1. The second-order valence-corrected chi connectivity index (χ2v) is 7.50. The summed E-state index contributed by atoms with van der Waals surface area (Å²) in [6.07, 6.45) is 2.11. The molecule has 1 aromatic rings. The van der Waals surface area contributed by atoms with Crippen LogP contribution in [0.1, 0.15) is 16.4 Å². The van der Waals surface area contributed by atoms with E-state index in [1.807, 2.05) is 11.8 Å². The predicted octanol–water partition coefficient (Wildman–Crippen LogP) is -3.09. The average Bonchev–Trinajstić information content (AvgIpc) is 2.87. The zero-order valence-corrected chi connectivity index (χ0v) is 10.9. The molecule has 0 aliphatic carbocycles. The molecule has 0 spiro atoms. The van der Waals surface area contributed by atoms with Crippen LogP contribution in [0.15, 0.2) is 12.1 Å². The van der Waals surface area contributed by atoms with E-state index < -0.39 is 0 Å². The van der Waals surface area contributed by atoms with Crippen LogP contribution in [0.4, 0.5) is 11.4 Å². The van der Waals surface area contributed by atoms with E-state index in [-0.39, 0.29) is 21.8 Å². The van der Waals surface area contributed by atoms with E-state index in [1.165, 1.54) is 28.3 Å². The SMILES string of the molecule is C1=[NH+]c2c1cc(C1CS1)cc2N1CN[I-]1. The van der Waals surface area contributed by atoms with Gasteiger partial charge in [0.1, 0.15) is 0 Å². The summed E-state index contributed by atoms with van der Waals surface area (Å²) in [5, 5.41) is 0.774. The van der Waals surface area contributed by atoms with Crippen molar-refractivity contribution in [3.63, 3.8) is 0 Å². The number of nitrogens with zero attached hydrogens (tertiary/aromatic N) is 1. The van der Waals surface area contributed by atoms with Crippen LogP contribution in [0.25, 0.3) is 0 Å². The Labute approximate surface area is 103 Å². The molecule has 3 aliphatic heterocycles. The van der Waals surface area contributed by atoms with Gasteiger partial charge >= 0.3 is 104 Å². The first-order valence-corrected chi connectivity index (χ1v) is 8.05. The molecule has 4 rings (SSSR count). The standard InChI is InChI=1S/C10H9IN3S/c1-6(9-4-15-9)2-8(14-5-13-11-14)10-7(1)3-12-10/h1-3,9,13H,4-5H2/q-1/p+1. The molecule has 78 valence electrons. The molecule has 0 aromatic heterocycles. The summed E-state index contributed by atoms with van der Waals surface area (Å²) in [7, 11) is 0. The molecule has 15 heavy (non-hydrogen) atoms. The van der Waals surface area contributed by atoms with Crippen molar-refractivity contribution in [3.05, 3.63) is 23.3 Å². The Morgan fingerprint density at radius 1 is 1.53 bits per heavy atom. The topological polar surface area (TPSA) is 29.2 Å². The van der Waals surface area contributed by atoms with Crippen LogP contribution < -0.4 is 33.4 Å². The second-order valence-electron chi connectivity index (χ2n) is 3.85. The zero-order valence-electron chi connectivity index (χ0n) is 7.96. The number of nitrogens with one attached hydrogen (secondary N) is 2. The van der Waals surface area contributed by atoms with E-state index in [0.717, 1.165) is 11.9 Å². The Kier molecular flexibility index (Phi) is 1.83. The van der Waals surface area contributed by atoms with Gasteiger partial charge in [-0.1, -0.05) is 0 Å². The van der Waals surface area contributed by atoms with Crippen LogP contribution in [0.2, 0.25) is 0 Å². The zero-order chi connectivity index (χ0) is 9.83. The van der Waals surface area contributed by atoms with Gasteiger partial charge in [-0.25, -0.2) is 0 Å². The first-order chi connectivity index (χ1) is 7.42. The summed E-state index contributed by atoms with van der Waals surface area (Å²) in [5.41, 5.74) is 5.67. The van der Waals surface area contributed by atoms with E-state index in [0.29, 0.717) is 0 Å². The third-order valence-corrected chi connectivity index (χ3v) is 5.93. The molecule has 5 heteroatoms. The number of thioether (sulfide) groups is 1. The van der Waals surface area contributed by atoms with Crippen molar-refractivity contribution < 1.29 is 26.7 Å². The Balaban J connectivity index is 1.81. The minimum atomic E-state index is 0.0613. The van der Waals surface area contributed by atoms with Gasteiger partial charge in [0.15, 0.2) is 0 Å². The molecular formula is C10H10IN3S. The van der Waals surface area contributed by atoms with Gasteiger partial charge in [0, 0.05) is 0 Å². The molecule has 1 unspecified atom stereocenters. The molecular weight excluding hydrogens is 321 g/mol. The summed E-state index contributed by atoms with van der Waals surface area (Å²) in [6.45, 7) is 1.03. The number of halogens is 1. The number of rotatable bonds is 2. The van der Waals surface area contributed by atoms with Crippen molar-refractivity contribution in [3.8, 4) is 0 Å². The van der Waals surface area contributed by atoms with Crippen molar-refractivity contribution in [2.24, 2.45) is 0 Å². The Hall–Kier alpha value is -0.270. The fourth-order valence-electron chi connectivity index (χ4n) is 1.88. The van der Waals surface area contributed by atoms with Crippen LogP contribution in [0, 0.1) is 0 Å². The van der Waals surface area contributed by atoms with Gasteiger partial charge in [-0.3, -0.25) is 0 Å². The van der Waals surface area contributed by atoms with Crippen LogP contribution in [0.5, 0.6) is 0 Å². The van der Waals surface area contributed by atoms with E-state index >= 15 is 0 Å². The van der Waals surface area contributed by atoms with Gasteiger partial charge < -0.3 is 0 Å². The number of hydrogen-bond donors (Lipinski definition) is 2. The van der Waals surface area contributed by atoms with Crippen molar-refractivity contribution in [2.75, 3.05) is 15.5 Å². The molecule has 0 amide bonds. The van der Waals surface area contributed by atoms with Gasteiger partial charge in [-0.05, 0) is 0 Å². The van der Waals surface area contributed by atoms with Gasteiger partial charge in [-0.2, -0.15) is 0 Å². The molecule has 2 fully saturated rings. The maximum absolute atomic E-state index is 3.39. The van der Waals surface area contributed by atoms with Crippen LogP contribution in [0.3, 0.4) is 0 Å². The van der Waals surface area contributed by atoms with Crippen molar-refractivity contribution in [1.29, 1.82) is 0 Å². The third-order valence-electron chi connectivity index (χ3n) is 2.87. The van der Waals surface area contributed by atoms with Gasteiger partial charge in [0.2, 0.25) is 0 Å². The Morgan fingerprint density at radius 3 is 2.93 bits per heavy atom. The monoisotopic (exact) mass is 331 g/mol. The van der Waals surface area contributed by atoms with E-state index in [4.69, 9.17) is 0 Å². The first-order valence-electron chi connectivity index (χ1n) is 4.95. The predicted molar refractivity (Wildman–Crippen MR) is 57.9 cm³/mol. The first kappa shape index (κ1) is 8.83. The third kappa shape index (κ3) is 1.33. The molecule has 3 heterocycles. The van der Waals surface area contributed by atoms with E-state index in [9.17, 15) is 0 Å². The molecule has 0 radical (unpaired) electrons. The van der Waals surface area contributed by atoms with Gasteiger partial charge in [0.05, 0.1) is 0 Å². The summed E-state index contributed by atoms with van der Waals surface area (Å²) in [6, 6.07) is 4.72. The molecule has 1 aromatic carbocycles. The quantitative estimate of drug-likeness (QED) is 0.347. The summed E-state index contributed by atoms with van der Waals surface area (Å²) >= 11 is 2.11. The van der Waals surface area contributed by atoms with Gasteiger partial charge in [0.25, 0.3) is 0 Å². The van der Waals surface area contributed by atoms with E-state index in [1.54, 1.807) is 0 Å². The van der Waals surface area contributed by atoms with Gasteiger partial charge in [-0.15, -0.1) is 0 Å². The van der Waals surface area contributed by atoms with Crippen LogP contribution >= 0.6 is 11.8 Å². The maximum atomic E-state index is 3.39. The minimum absolute atomic E-state index is 0.0613. The summed E-state index contributed by atoms with van der Waals surface area (Å²) in [4.78, 5) is 3.31. The summed E-state index contributed by atoms with van der Waals surface area (Å²) in [5.74, 6) is 1.30. The molecule has 2 N–H and O–H groups in total. The van der Waals surface area contributed by atoms with Crippen molar-refractivity contribution >= 4 is 29.4 Å². The molecule has 1 atom stereocenters. The molecule has 3 nitrogen and oxygen atoms in total. The van der Waals surface area contributed by atoms with Crippen molar-refractivity contribution in [2.45, 2.75) is 5.25 Å². The number of benzene rings is 1. The number of fused-ring (bicyclic) bond motifs is 1. The molecule has 2 saturated heterocycles. The molecule has 0 bridgehead atoms. The second kappa shape index (κ2) is 3.11. The van der Waals surface area contributed by atoms with Crippen LogP contribution in [-0.4, -0.2) is 18.6 Å². The Bertz CT molecular complexity index is 466. The van der Waals surface area contributed by atoms with E-state index in [2.05, 4.69) is 30.0 Å². The number of anilines is 1. The van der Waals surface area contributed by atoms with Crippen molar-refractivity contribution in [1.82, 2.24) is 3.53 Å². The number of hydrogen-bond acceptors (Lipinski definition) is 3.